The zero-order chi connectivity index (χ0) is 27.7. The number of aromatic nitrogens is 5. The van der Waals surface area contributed by atoms with Gasteiger partial charge in [0.05, 0.1) is 24.3 Å². The zero-order valence-electron chi connectivity index (χ0n) is 22.3. The number of ether oxygens (including phenoxy) is 1. The summed E-state index contributed by atoms with van der Waals surface area (Å²) in [7, 11) is 0. The molecule has 0 saturated carbocycles. The van der Waals surface area contributed by atoms with Crippen molar-refractivity contribution in [2.75, 3.05) is 12.4 Å². The Labute approximate surface area is 236 Å². The summed E-state index contributed by atoms with van der Waals surface area (Å²) in [5.41, 5.74) is 6.90. The van der Waals surface area contributed by atoms with Crippen molar-refractivity contribution in [3.05, 3.63) is 103 Å². The van der Waals surface area contributed by atoms with Crippen molar-refractivity contribution < 1.29 is 9.53 Å². The van der Waals surface area contributed by atoms with Gasteiger partial charge in [-0.3, -0.25) is 9.36 Å². The summed E-state index contributed by atoms with van der Waals surface area (Å²) in [6.07, 6.45) is 4.45. The van der Waals surface area contributed by atoms with E-state index in [1.54, 1.807) is 10.9 Å². The molecule has 0 spiro atoms. The van der Waals surface area contributed by atoms with Crippen LogP contribution in [0.2, 0.25) is 0 Å². The predicted molar refractivity (Wildman–Crippen MR) is 157 cm³/mol. The van der Waals surface area contributed by atoms with Gasteiger partial charge in [0.1, 0.15) is 17.3 Å². The van der Waals surface area contributed by atoms with E-state index in [4.69, 9.17) is 9.84 Å². The van der Waals surface area contributed by atoms with Crippen molar-refractivity contribution in [1.82, 2.24) is 30.0 Å². The number of nitrogens with zero attached hydrogens (tertiary/aromatic N) is 6. The fourth-order valence-corrected chi connectivity index (χ4v) is 4.78. The summed E-state index contributed by atoms with van der Waals surface area (Å²) < 4.78 is 9.44. The number of hydrogen-bond acceptors (Lipinski definition) is 7. The lowest BCUT2D eigenvalue weighted by atomic mass is 10.1. The Kier molecular flexibility index (Phi) is 8.67. The minimum Gasteiger partial charge on any atom is -0.494 e. The second kappa shape index (κ2) is 12.9. The molecule has 202 valence electrons. The van der Waals surface area contributed by atoms with E-state index in [0.717, 1.165) is 46.2 Å². The van der Waals surface area contributed by atoms with Gasteiger partial charge in [0.2, 0.25) is 0 Å². The van der Waals surface area contributed by atoms with Gasteiger partial charge in [0.15, 0.2) is 5.16 Å². The molecule has 5 aromatic rings. The highest BCUT2D eigenvalue weighted by molar-refractivity contribution is 7.99. The van der Waals surface area contributed by atoms with Gasteiger partial charge in [0, 0.05) is 23.0 Å². The van der Waals surface area contributed by atoms with Crippen LogP contribution < -0.4 is 10.2 Å². The van der Waals surface area contributed by atoms with Gasteiger partial charge in [-0.1, -0.05) is 55.1 Å². The molecular weight excluding hydrogens is 522 g/mol. The summed E-state index contributed by atoms with van der Waals surface area (Å²) >= 11 is 1.30. The van der Waals surface area contributed by atoms with Gasteiger partial charge in [-0.05, 0) is 61.9 Å². The van der Waals surface area contributed by atoms with E-state index < -0.39 is 0 Å². The highest BCUT2D eigenvalue weighted by atomic mass is 32.2. The van der Waals surface area contributed by atoms with Crippen LogP contribution in [0.5, 0.6) is 5.75 Å². The van der Waals surface area contributed by atoms with E-state index in [-0.39, 0.29) is 11.7 Å². The first-order chi connectivity index (χ1) is 19.6. The molecule has 2 aromatic heterocycles. The van der Waals surface area contributed by atoms with Crippen LogP contribution in [0.25, 0.3) is 22.6 Å². The lowest BCUT2D eigenvalue weighted by molar-refractivity contribution is -0.118. The minimum absolute atomic E-state index is 0.137. The SMILES string of the molecule is CCCOc1ccc(-c2nn(-c3ccccc3)cc2C=NNC(=O)CSc2nnc(C)n2-c2ccccc2)cc1. The second-order valence-electron chi connectivity index (χ2n) is 8.87. The van der Waals surface area contributed by atoms with Crippen LogP contribution >= 0.6 is 11.8 Å². The Morgan fingerprint density at radius 1 is 0.975 bits per heavy atom. The Hall–Kier alpha value is -4.70. The van der Waals surface area contributed by atoms with Crippen LogP contribution in [0.4, 0.5) is 0 Å². The van der Waals surface area contributed by atoms with E-state index >= 15 is 0 Å². The van der Waals surface area contributed by atoms with Crippen molar-refractivity contribution in [1.29, 1.82) is 0 Å². The van der Waals surface area contributed by atoms with Crippen molar-refractivity contribution in [3.63, 3.8) is 0 Å². The number of benzene rings is 3. The normalized spacial score (nSPS) is 11.2. The topological polar surface area (TPSA) is 99.2 Å². The molecule has 9 nitrogen and oxygen atoms in total. The van der Waals surface area contributed by atoms with Crippen molar-refractivity contribution in [2.45, 2.75) is 25.4 Å². The molecule has 0 fully saturated rings. The number of para-hydroxylation sites is 2. The molecule has 0 aliphatic carbocycles. The molecule has 0 saturated heterocycles. The Morgan fingerprint density at radius 2 is 1.68 bits per heavy atom. The largest absolute Gasteiger partial charge is 0.494 e. The fourth-order valence-electron chi connectivity index (χ4n) is 3.99. The molecule has 1 amide bonds. The van der Waals surface area contributed by atoms with Gasteiger partial charge in [-0.15, -0.1) is 10.2 Å². The summed E-state index contributed by atoms with van der Waals surface area (Å²) in [5.74, 6) is 1.44. The summed E-state index contributed by atoms with van der Waals surface area (Å²) in [4.78, 5) is 12.6. The van der Waals surface area contributed by atoms with Crippen molar-refractivity contribution in [2.24, 2.45) is 5.10 Å². The number of rotatable bonds is 11. The van der Waals surface area contributed by atoms with E-state index in [1.165, 1.54) is 11.8 Å². The third-order valence-corrected chi connectivity index (χ3v) is 6.83. The van der Waals surface area contributed by atoms with E-state index in [0.29, 0.717) is 11.8 Å². The molecular formula is C30H29N7O2S. The Morgan fingerprint density at radius 3 is 2.38 bits per heavy atom. The number of carbonyl (C=O) groups excluding carboxylic acids is 1. The number of amides is 1. The predicted octanol–water partition coefficient (Wildman–Crippen LogP) is 5.46. The maximum Gasteiger partial charge on any atom is 0.250 e. The van der Waals surface area contributed by atoms with E-state index in [9.17, 15) is 4.79 Å². The number of aryl methyl sites for hydroxylation is 1. The average molecular weight is 552 g/mol. The maximum absolute atomic E-state index is 12.6. The maximum atomic E-state index is 12.6. The highest BCUT2D eigenvalue weighted by Gasteiger charge is 2.14. The molecule has 0 bridgehead atoms. The molecule has 10 heteroatoms. The van der Waals surface area contributed by atoms with Crippen LogP contribution in [-0.4, -0.2) is 49.0 Å². The average Bonchev–Trinajstić information content (AvgIpc) is 3.59. The quantitative estimate of drug-likeness (QED) is 0.133. The molecule has 5 rings (SSSR count). The number of hydrazone groups is 1. The zero-order valence-corrected chi connectivity index (χ0v) is 23.1. The van der Waals surface area contributed by atoms with E-state index in [1.807, 2.05) is 103 Å². The number of nitrogens with one attached hydrogen (secondary N) is 1. The highest BCUT2D eigenvalue weighted by Crippen LogP contribution is 2.25. The standard InChI is InChI=1S/C30H29N7O2S/c1-3-18-39-27-16-14-23(15-17-27)29-24(20-36(35-29)25-10-6-4-7-11-25)19-31-33-28(38)21-40-30-34-32-22(2)37(30)26-12-8-5-9-13-26/h4-17,19-20H,3,18,21H2,1-2H3,(H,33,38). The Balaban J connectivity index is 1.29. The fraction of sp³-hybridized carbons (Fsp3) is 0.167. The minimum atomic E-state index is -0.254. The van der Waals surface area contributed by atoms with Gasteiger partial charge < -0.3 is 4.74 Å². The first-order valence-corrected chi connectivity index (χ1v) is 13.9. The molecule has 40 heavy (non-hydrogen) atoms. The van der Waals surface area contributed by atoms with Gasteiger partial charge in [-0.25, -0.2) is 10.1 Å². The van der Waals surface area contributed by atoms with Crippen LogP contribution in [0, 0.1) is 6.92 Å². The molecule has 0 aliphatic rings. The second-order valence-corrected chi connectivity index (χ2v) is 9.81. The first-order valence-electron chi connectivity index (χ1n) is 12.9. The Bertz CT molecular complexity index is 1580. The van der Waals surface area contributed by atoms with Crippen molar-refractivity contribution >= 4 is 23.9 Å². The number of thioether (sulfide) groups is 1. The third kappa shape index (κ3) is 6.47. The molecule has 0 aliphatic heterocycles. The smallest absolute Gasteiger partial charge is 0.250 e. The third-order valence-electron chi connectivity index (χ3n) is 5.90. The first kappa shape index (κ1) is 26.9. The summed E-state index contributed by atoms with van der Waals surface area (Å²) in [5, 5.41) is 18.1. The van der Waals surface area contributed by atoms with Gasteiger partial charge in [-0.2, -0.15) is 10.2 Å². The molecule has 3 aromatic carbocycles. The molecule has 0 radical (unpaired) electrons. The lowest BCUT2D eigenvalue weighted by Gasteiger charge is -2.07. The van der Waals surface area contributed by atoms with Gasteiger partial charge >= 0.3 is 0 Å². The monoisotopic (exact) mass is 551 g/mol. The van der Waals surface area contributed by atoms with Crippen LogP contribution in [0.3, 0.4) is 0 Å². The van der Waals surface area contributed by atoms with Crippen LogP contribution in [-0.2, 0) is 4.79 Å². The van der Waals surface area contributed by atoms with Crippen LogP contribution in [0.1, 0.15) is 24.7 Å². The molecule has 0 unspecified atom stereocenters. The van der Waals surface area contributed by atoms with Crippen LogP contribution in [0.15, 0.2) is 101 Å². The van der Waals surface area contributed by atoms with Gasteiger partial charge in [0.25, 0.3) is 5.91 Å². The number of carbonyl (C=O) groups is 1. The number of hydrogen-bond donors (Lipinski definition) is 1. The lowest BCUT2D eigenvalue weighted by Crippen LogP contribution is -2.20. The molecule has 0 atom stereocenters. The molecule has 1 N–H and O–H groups in total. The summed E-state index contributed by atoms with van der Waals surface area (Å²) in [6, 6.07) is 27.5. The summed E-state index contributed by atoms with van der Waals surface area (Å²) in [6.45, 7) is 4.63. The van der Waals surface area contributed by atoms with E-state index in [2.05, 4.69) is 27.6 Å². The molecule has 2 heterocycles. The van der Waals surface area contributed by atoms with Crippen molar-refractivity contribution in [3.8, 4) is 28.4 Å².